The molecular formula is C16H26N2O3. The minimum atomic E-state index is -0.769. The molecule has 21 heavy (non-hydrogen) atoms. The third-order valence-corrected chi connectivity index (χ3v) is 5.56. The van der Waals surface area contributed by atoms with Gasteiger partial charge < -0.3 is 15.7 Å². The van der Waals surface area contributed by atoms with E-state index in [1.807, 2.05) is 0 Å². The van der Waals surface area contributed by atoms with Crippen molar-refractivity contribution in [2.45, 2.75) is 51.4 Å². The second-order valence-corrected chi connectivity index (χ2v) is 7.19. The molecule has 2 amide bonds. The molecule has 0 aromatic rings. The molecule has 3 saturated carbocycles. The van der Waals surface area contributed by atoms with Crippen molar-refractivity contribution in [3.63, 3.8) is 0 Å². The lowest BCUT2D eigenvalue weighted by Crippen LogP contribution is -2.46. The van der Waals surface area contributed by atoms with E-state index in [1.54, 1.807) is 0 Å². The van der Waals surface area contributed by atoms with E-state index in [9.17, 15) is 14.7 Å². The van der Waals surface area contributed by atoms with Crippen molar-refractivity contribution in [2.24, 2.45) is 23.2 Å². The molecule has 118 valence electrons. The third kappa shape index (κ3) is 3.50. The number of carbonyl (C=O) groups excluding carboxylic acids is 1. The molecule has 5 heteroatoms. The van der Waals surface area contributed by atoms with Crippen LogP contribution in [0.25, 0.3) is 0 Å². The molecule has 3 aliphatic carbocycles. The highest BCUT2D eigenvalue weighted by Crippen LogP contribution is 2.48. The molecule has 0 unspecified atom stereocenters. The average molecular weight is 294 g/mol. The van der Waals surface area contributed by atoms with E-state index in [2.05, 4.69) is 10.6 Å². The minimum absolute atomic E-state index is 0.200. The van der Waals surface area contributed by atoms with E-state index in [0.29, 0.717) is 18.8 Å². The Bertz CT molecular complexity index is 398. The van der Waals surface area contributed by atoms with Gasteiger partial charge in [0.1, 0.15) is 0 Å². The van der Waals surface area contributed by atoms with Crippen LogP contribution in [0.2, 0.25) is 0 Å². The predicted molar refractivity (Wildman–Crippen MR) is 78.9 cm³/mol. The van der Waals surface area contributed by atoms with Gasteiger partial charge in [-0.3, -0.25) is 4.79 Å². The van der Waals surface area contributed by atoms with Crippen molar-refractivity contribution in [3.8, 4) is 0 Å². The van der Waals surface area contributed by atoms with Crippen LogP contribution in [-0.4, -0.2) is 30.2 Å². The minimum Gasteiger partial charge on any atom is -0.481 e. The molecule has 0 saturated heterocycles. The molecule has 0 atom stereocenters. The van der Waals surface area contributed by atoms with E-state index < -0.39 is 11.4 Å². The first-order valence-electron chi connectivity index (χ1n) is 8.36. The highest BCUT2D eigenvalue weighted by Gasteiger charge is 2.42. The van der Waals surface area contributed by atoms with Gasteiger partial charge in [-0.25, -0.2) is 4.79 Å². The Morgan fingerprint density at radius 3 is 2.10 bits per heavy atom. The SMILES string of the molecule is O=C(NCC(C1CC1)C1CC1)NCC1(C(=O)O)CCCC1. The second kappa shape index (κ2) is 5.85. The highest BCUT2D eigenvalue weighted by atomic mass is 16.4. The Labute approximate surface area is 125 Å². The topological polar surface area (TPSA) is 78.4 Å². The number of nitrogens with one attached hydrogen (secondary N) is 2. The lowest BCUT2D eigenvalue weighted by molar-refractivity contribution is -0.148. The number of aliphatic carboxylic acids is 1. The van der Waals surface area contributed by atoms with Crippen LogP contribution in [0.5, 0.6) is 0 Å². The van der Waals surface area contributed by atoms with Gasteiger partial charge in [0.2, 0.25) is 0 Å². The largest absolute Gasteiger partial charge is 0.481 e. The Balaban J connectivity index is 1.42. The third-order valence-electron chi connectivity index (χ3n) is 5.56. The fourth-order valence-electron chi connectivity index (χ4n) is 3.81. The maximum absolute atomic E-state index is 11.9. The Morgan fingerprint density at radius 2 is 1.62 bits per heavy atom. The van der Waals surface area contributed by atoms with E-state index in [0.717, 1.165) is 31.2 Å². The van der Waals surface area contributed by atoms with Crippen molar-refractivity contribution in [1.29, 1.82) is 0 Å². The summed E-state index contributed by atoms with van der Waals surface area (Å²) >= 11 is 0. The van der Waals surface area contributed by atoms with E-state index in [1.165, 1.54) is 25.7 Å². The first-order valence-corrected chi connectivity index (χ1v) is 8.36. The van der Waals surface area contributed by atoms with Crippen LogP contribution in [0.15, 0.2) is 0 Å². The van der Waals surface area contributed by atoms with Gasteiger partial charge in [-0.15, -0.1) is 0 Å². The van der Waals surface area contributed by atoms with Crippen LogP contribution in [-0.2, 0) is 4.79 Å². The Kier molecular flexibility index (Phi) is 4.09. The molecule has 0 radical (unpaired) electrons. The van der Waals surface area contributed by atoms with Gasteiger partial charge in [0, 0.05) is 13.1 Å². The number of carboxylic acids is 1. The van der Waals surface area contributed by atoms with Crippen molar-refractivity contribution >= 4 is 12.0 Å². The van der Waals surface area contributed by atoms with Gasteiger partial charge in [0.05, 0.1) is 5.41 Å². The maximum Gasteiger partial charge on any atom is 0.314 e. The summed E-state index contributed by atoms with van der Waals surface area (Å²) in [5.41, 5.74) is -0.732. The molecule has 0 aromatic heterocycles. The van der Waals surface area contributed by atoms with Crippen LogP contribution in [0.4, 0.5) is 4.79 Å². The molecule has 3 rings (SSSR count). The fraction of sp³-hybridized carbons (Fsp3) is 0.875. The van der Waals surface area contributed by atoms with Crippen LogP contribution in [0.3, 0.4) is 0 Å². The quantitative estimate of drug-likeness (QED) is 0.674. The summed E-state index contributed by atoms with van der Waals surface area (Å²) < 4.78 is 0. The zero-order valence-electron chi connectivity index (χ0n) is 12.6. The summed E-state index contributed by atoms with van der Waals surface area (Å²) in [4.78, 5) is 23.4. The summed E-state index contributed by atoms with van der Waals surface area (Å²) in [5.74, 6) is 1.51. The van der Waals surface area contributed by atoms with Crippen molar-refractivity contribution in [1.82, 2.24) is 10.6 Å². The number of carboxylic acid groups (broad SMARTS) is 1. The standard InChI is InChI=1S/C16H26N2O3/c19-14(20)16(7-1-2-8-16)10-18-15(21)17-9-13(11-3-4-11)12-5-6-12/h11-13H,1-10H2,(H,19,20)(H2,17,18,21). The van der Waals surface area contributed by atoms with Crippen molar-refractivity contribution in [3.05, 3.63) is 0 Å². The molecule has 3 N–H and O–H groups in total. The molecular weight excluding hydrogens is 268 g/mol. The summed E-state index contributed by atoms with van der Waals surface area (Å²) in [6, 6.07) is -0.200. The number of carbonyl (C=O) groups is 2. The van der Waals surface area contributed by atoms with Gasteiger partial charge in [0.15, 0.2) is 0 Å². The molecule has 0 aromatic carbocycles. The van der Waals surface area contributed by atoms with E-state index in [4.69, 9.17) is 0 Å². The summed E-state index contributed by atoms with van der Waals surface area (Å²) in [5, 5.41) is 15.1. The lowest BCUT2D eigenvalue weighted by atomic mass is 9.86. The number of rotatable bonds is 7. The van der Waals surface area contributed by atoms with Crippen LogP contribution in [0, 0.1) is 23.2 Å². The molecule has 0 spiro atoms. The lowest BCUT2D eigenvalue weighted by Gasteiger charge is -2.24. The molecule has 0 heterocycles. The van der Waals surface area contributed by atoms with Crippen LogP contribution < -0.4 is 10.6 Å². The number of hydrogen-bond donors (Lipinski definition) is 3. The molecule has 0 aliphatic heterocycles. The highest BCUT2D eigenvalue weighted by molar-refractivity contribution is 5.78. The van der Waals surface area contributed by atoms with Crippen molar-refractivity contribution in [2.75, 3.05) is 13.1 Å². The van der Waals surface area contributed by atoms with Gasteiger partial charge >= 0.3 is 12.0 Å². The zero-order valence-corrected chi connectivity index (χ0v) is 12.6. The first kappa shape index (κ1) is 14.7. The molecule has 3 fully saturated rings. The van der Waals surface area contributed by atoms with Crippen LogP contribution >= 0.6 is 0 Å². The average Bonchev–Trinajstić information content (AvgIpc) is 3.38. The van der Waals surface area contributed by atoms with Crippen LogP contribution in [0.1, 0.15) is 51.4 Å². The van der Waals surface area contributed by atoms with Gasteiger partial charge in [-0.2, -0.15) is 0 Å². The monoisotopic (exact) mass is 294 g/mol. The first-order chi connectivity index (χ1) is 10.1. The van der Waals surface area contributed by atoms with Gasteiger partial charge in [0.25, 0.3) is 0 Å². The van der Waals surface area contributed by atoms with E-state index >= 15 is 0 Å². The normalized spacial score (nSPS) is 24.0. The zero-order chi connectivity index (χ0) is 14.9. The van der Waals surface area contributed by atoms with E-state index in [-0.39, 0.29) is 12.6 Å². The number of urea groups is 1. The Morgan fingerprint density at radius 1 is 1.05 bits per heavy atom. The fourth-order valence-corrected chi connectivity index (χ4v) is 3.81. The number of amides is 2. The molecule has 3 aliphatic rings. The molecule has 0 bridgehead atoms. The predicted octanol–water partition coefficient (Wildman–Crippen LogP) is 2.37. The maximum atomic E-state index is 11.9. The van der Waals surface area contributed by atoms with Crippen molar-refractivity contribution < 1.29 is 14.7 Å². The second-order valence-electron chi connectivity index (χ2n) is 7.19. The molecule has 5 nitrogen and oxygen atoms in total. The summed E-state index contributed by atoms with van der Waals surface area (Å²) in [6.07, 6.45) is 8.49. The van der Waals surface area contributed by atoms with Gasteiger partial charge in [-0.1, -0.05) is 12.8 Å². The smallest absolute Gasteiger partial charge is 0.314 e. The summed E-state index contributed by atoms with van der Waals surface area (Å²) in [6.45, 7) is 1.01. The summed E-state index contributed by atoms with van der Waals surface area (Å²) in [7, 11) is 0. The number of hydrogen-bond acceptors (Lipinski definition) is 2. The Hall–Kier alpha value is -1.26. The van der Waals surface area contributed by atoms with Gasteiger partial charge in [-0.05, 0) is 56.3 Å².